The lowest BCUT2D eigenvalue weighted by Gasteiger charge is -2.48. The molecule has 0 bridgehead atoms. The molecule has 3 aliphatic rings. The fraction of sp³-hybridized carbons (Fsp3) is 0.348. The third kappa shape index (κ3) is 3.15. The van der Waals surface area contributed by atoms with E-state index in [1.807, 2.05) is 0 Å². The molecule has 1 saturated heterocycles. The van der Waals surface area contributed by atoms with Gasteiger partial charge in [0.1, 0.15) is 19.0 Å². The van der Waals surface area contributed by atoms with Gasteiger partial charge in [-0.25, -0.2) is 4.79 Å². The number of carbonyl (C=O) groups is 3. The number of benzene rings is 2. The van der Waals surface area contributed by atoms with E-state index >= 15 is 0 Å². The molecular formula is C23H21ClN2O5. The first-order valence-corrected chi connectivity index (χ1v) is 10.7. The number of hydrogen-bond acceptors (Lipinski definition) is 5. The molecule has 2 heterocycles. The van der Waals surface area contributed by atoms with E-state index in [0.717, 1.165) is 12.8 Å². The van der Waals surface area contributed by atoms with Gasteiger partial charge in [0.25, 0.3) is 5.91 Å². The second-order valence-corrected chi connectivity index (χ2v) is 8.29. The Hall–Kier alpha value is -3.06. The van der Waals surface area contributed by atoms with Crippen LogP contribution in [0.15, 0.2) is 48.5 Å². The molecule has 2 aliphatic heterocycles. The Bertz CT molecular complexity index is 1070. The molecule has 2 aromatic carbocycles. The van der Waals surface area contributed by atoms with Crippen molar-refractivity contribution in [1.82, 2.24) is 4.90 Å². The van der Waals surface area contributed by atoms with E-state index in [9.17, 15) is 14.4 Å². The highest BCUT2D eigenvalue weighted by Gasteiger charge is 2.64. The Kier molecular flexibility index (Phi) is 4.85. The molecule has 0 N–H and O–H groups in total. The highest BCUT2D eigenvalue weighted by molar-refractivity contribution is 6.32. The van der Waals surface area contributed by atoms with Gasteiger partial charge in [0.05, 0.1) is 16.3 Å². The van der Waals surface area contributed by atoms with Crippen molar-refractivity contribution in [3.8, 4) is 5.75 Å². The van der Waals surface area contributed by atoms with Gasteiger partial charge in [0.15, 0.2) is 0 Å². The molecule has 1 unspecified atom stereocenters. The van der Waals surface area contributed by atoms with Crippen molar-refractivity contribution >= 4 is 35.1 Å². The predicted molar refractivity (Wildman–Crippen MR) is 113 cm³/mol. The average molecular weight is 441 g/mol. The minimum Gasteiger partial charge on any atom is -0.488 e. The molecule has 5 rings (SSSR count). The Morgan fingerprint density at radius 3 is 2.58 bits per heavy atom. The summed E-state index contributed by atoms with van der Waals surface area (Å²) in [4.78, 5) is 42.7. The van der Waals surface area contributed by atoms with Crippen LogP contribution in [-0.2, 0) is 14.3 Å². The lowest BCUT2D eigenvalue weighted by molar-refractivity contribution is -0.158. The molecular weight excluding hydrogens is 420 g/mol. The predicted octanol–water partition coefficient (Wildman–Crippen LogP) is 3.40. The molecule has 0 radical (unpaired) electrons. The summed E-state index contributed by atoms with van der Waals surface area (Å²) in [5.41, 5.74) is -0.528. The van der Waals surface area contributed by atoms with Crippen LogP contribution in [0.5, 0.6) is 5.75 Å². The summed E-state index contributed by atoms with van der Waals surface area (Å²) in [5.74, 6) is -0.517. The summed E-state index contributed by atoms with van der Waals surface area (Å²) in [6.07, 6.45) is 2.00. The molecule has 7 nitrogen and oxygen atoms in total. The van der Waals surface area contributed by atoms with Crippen molar-refractivity contribution in [3.05, 3.63) is 59.1 Å². The van der Waals surface area contributed by atoms with Crippen LogP contribution >= 0.6 is 11.6 Å². The molecule has 1 aliphatic carbocycles. The van der Waals surface area contributed by atoms with E-state index in [1.165, 1.54) is 4.90 Å². The zero-order valence-corrected chi connectivity index (χ0v) is 17.5. The number of rotatable bonds is 6. The summed E-state index contributed by atoms with van der Waals surface area (Å²) >= 11 is 6.08. The number of fused-ring (bicyclic) bond motifs is 3. The quantitative estimate of drug-likeness (QED) is 0.508. The monoisotopic (exact) mass is 440 g/mol. The number of anilines is 1. The maximum absolute atomic E-state index is 13.4. The fourth-order valence-electron chi connectivity index (χ4n) is 4.48. The molecule has 31 heavy (non-hydrogen) atoms. The van der Waals surface area contributed by atoms with Gasteiger partial charge < -0.3 is 14.4 Å². The summed E-state index contributed by atoms with van der Waals surface area (Å²) in [5, 5.41) is 0.467. The second kappa shape index (κ2) is 7.57. The van der Waals surface area contributed by atoms with Crippen LogP contribution in [0.4, 0.5) is 5.69 Å². The summed E-state index contributed by atoms with van der Waals surface area (Å²) in [7, 11) is 0. The molecule has 1 atom stereocenters. The lowest BCUT2D eigenvalue weighted by Crippen LogP contribution is -2.69. The van der Waals surface area contributed by atoms with Gasteiger partial charge in [0.2, 0.25) is 11.6 Å². The molecule has 0 aromatic heterocycles. The number of hydrogen-bond donors (Lipinski definition) is 0. The fourth-order valence-corrected chi connectivity index (χ4v) is 4.67. The van der Waals surface area contributed by atoms with Gasteiger partial charge in [-0.05, 0) is 37.1 Å². The van der Waals surface area contributed by atoms with Gasteiger partial charge in [-0.1, -0.05) is 35.9 Å². The van der Waals surface area contributed by atoms with Gasteiger partial charge >= 0.3 is 5.97 Å². The van der Waals surface area contributed by atoms with Crippen molar-refractivity contribution < 1.29 is 23.9 Å². The lowest BCUT2D eigenvalue weighted by atomic mass is 9.96. The van der Waals surface area contributed by atoms with Crippen molar-refractivity contribution in [2.24, 2.45) is 0 Å². The van der Waals surface area contributed by atoms with Crippen LogP contribution in [0, 0.1) is 0 Å². The van der Waals surface area contributed by atoms with E-state index in [-0.39, 0.29) is 43.9 Å². The third-order valence-corrected chi connectivity index (χ3v) is 6.26. The van der Waals surface area contributed by atoms with Crippen LogP contribution in [0.2, 0.25) is 5.02 Å². The van der Waals surface area contributed by atoms with E-state index in [1.54, 1.807) is 53.4 Å². The van der Waals surface area contributed by atoms with Crippen molar-refractivity contribution in [1.29, 1.82) is 0 Å². The van der Waals surface area contributed by atoms with Crippen LogP contribution in [0.1, 0.15) is 36.0 Å². The van der Waals surface area contributed by atoms with E-state index in [4.69, 9.17) is 21.1 Å². The first-order valence-electron chi connectivity index (χ1n) is 10.3. The molecule has 0 spiro atoms. The Balaban J connectivity index is 1.40. The molecule has 2 fully saturated rings. The first-order chi connectivity index (χ1) is 15.0. The summed E-state index contributed by atoms with van der Waals surface area (Å²) < 4.78 is 11.2. The van der Waals surface area contributed by atoms with Crippen LogP contribution < -0.4 is 9.64 Å². The third-order valence-electron chi connectivity index (χ3n) is 5.95. The van der Waals surface area contributed by atoms with E-state index in [2.05, 4.69) is 0 Å². The number of para-hydroxylation sites is 2. The van der Waals surface area contributed by atoms with Crippen molar-refractivity contribution in [3.63, 3.8) is 0 Å². The maximum atomic E-state index is 13.4. The van der Waals surface area contributed by atoms with Gasteiger partial charge in [-0.2, -0.15) is 0 Å². The maximum Gasteiger partial charge on any atom is 0.353 e. The zero-order chi connectivity index (χ0) is 21.6. The van der Waals surface area contributed by atoms with E-state index < -0.39 is 11.6 Å². The van der Waals surface area contributed by atoms with Crippen LogP contribution in [0.3, 0.4) is 0 Å². The van der Waals surface area contributed by atoms with Crippen LogP contribution in [0.25, 0.3) is 0 Å². The van der Waals surface area contributed by atoms with Gasteiger partial charge in [-0.15, -0.1) is 0 Å². The number of carbonyl (C=O) groups excluding carboxylic acids is 3. The highest BCUT2D eigenvalue weighted by atomic mass is 35.5. The zero-order valence-electron chi connectivity index (χ0n) is 16.8. The standard InChI is InChI=1S/C23H21ClN2O5/c24-17-6-2-4-8-19(17)30-13-14-31-22(29)23-12-11-20(27)26(23)18-7-3-1-5-16(18)21(28)25(23)15-9-10-15/h1-8,15H,9-14H2. The minimum atomic E-state index is -1.44. The number of nitrogens with zero attached hydrogens (tertiary/aromatic N) is 2. The average Bonchev–Trinajstić information content (AvgIpc) is 3.54. The second-order valence-electron chi connectivity index (χ2n) is 7.88. The van der Waals surface area contributed by atoms with Gasteiger partial charge in [-0.3, -0.25) is 14.5 Å². The number of amides is 2. The van der Waals surface area contributed by atoms with Crippen LogP contribution in [-0.4, -0.2) is 47.6 Å². The highest BCUT2D eigenvalue weighted by Crippen LogP contribution is 2.49. The smallest absolute Gasteiger partial charge is 0.353 e. The van der Waals surface area contributed by atoms with Crippen molar-refractivity contribution in [2.75, 3.05) is 18.1 Å². The number of esters is 1. The summed E-state index contributed by atoms with van der Waals surface area (Å²) in [6, 6.07) is 13.9. The molecule has 8 heteroatoms. The minimum absolute atomic E-state index is 0.0256. The molecule has 2 amide bonds. The largest absolute Gasteiger partial charge is 0.488 e. The molecule has 160 valence electrons. The first kappa shape index (κ1) is 19.9. The normalized spacial score (nSPS) is 22.2. The van der Waals surface area contributed by atoms with Gasteiger partial charge in [0, 0.05) is 18.9 Å². The van der Waals surface area contributed by atoms with E-state index in [0.29, 0.717) is 22.0 Å². The summed E-state index contributed by atoms with van der Waals surface area (Å²) in [6.45, 7) is 0.0790. The number of halogens is 1. The molecule has 1 saturated carbocycles. The van der Waals surface area contributed by atoms with Crippen molar-refractivity contribution in [2.45, 2.75) is 37.4 Å². The number of ether oxygens (including phenoxy) is 2. The SMILES string of the molecule is O=C1CCC2(C(=O)OCCOc3ccccc3Cl)N1c1ccccc1C(=O)N2C1CC1. The molecule has 2 aromatic rings. The topological polar surface area (TPSA) is 76.2 Å². The Morgan fingerprint density at radius 1 is 1.06 bits per heavy atom. The Labute approximate surface area is 184 Å². The Morgan fingerprint density at radius 2 is 1.81 bits per heavy atom.